The minimum absolute atomic E-state index is 0.0601. The lowest BCUT2D eigenvalue weighted by Crippen LogP contribution is -2.54. The first-order valence-corrected chi connectivity index (χ1v) is 12.1. The molecule has 1 saturated heterocycles. The Bertz CT molecular complexity index is 1480. The molecule has 1 heterocycles. The number of imide groups is 2. The fourth-order valence-electron chi connectivity index (χ4n) is 3.32. The van der Waals surface area contributed by atoms with Crippen LogP contribution in [0, 0.1) is 13.8 Å². The number of barbiturate groups is 1. The lowest BCUT2D eigenvalue weighted by Gasteiger charge is -2.26. The van der Waals surface area contributed by atoms with E-state index in [1.165, 1.54) is 30.3 Å². The summed E-state index contributed by atoms with van der Waals surface area (Å²) in [4.78, 5) is 38.9. The highest BCUT2D eigenvalue weighted by atomic mass is 35.5. The SMILES string of the molecule is Cc1ccc(N2C(=O)NC(=O)/C(=C\c3cc(Cl)ccc3OS(=O)(=O)c3ccc(C)cc3)C2=O)cc1. The number of halogens is 1. The molecule has 3 aromatic carbocycles. The van der Waals surface area contributed by atoms with Crippen LogP contribution < -0.4 is 14.4 Å². The molecule has 0 saturated carbocycles. The van der Waals surface area contributed by atoms with E-state index < -0.39 is 33.5 Å². The largest absolute Gasteiger partial charge is 0.378 e. The predicted molar refractivity (Wildman–Crippen MR) is 131 cm³/mol. The average Bonchev–Trinajstić information content (AvgIpc) is 2.79. The van der Waals surface area contributed by atoms with Gasteiger partial charge in [0, 0.05) is 10.6 Å². The van der Waals surface area contributed by atoms with E-state index in [4.69, 9.17) is 15.8 Å². The number of carbonyl (C=O) groups excluding carboxylic acids is 3. The molecule has 1 N–H and O–H groups in total. The molecule has 0 aliphatic carbocycles. The molecule has 178 valence electrons. The first-order valence-electron chi connectivity index (χ1n) is 10.3. The Morgan fingerprint density at radius 3 is 2.11 bits per heavy atom. The number of rotatable bonds is 5. The van der Waals surface area contributed by atoms with E-state index in [9.17, 15) is 22.8 Å². The van der Waals surface area contributed by atoms with Gasteiger partial charge in [-0.2, -0.15) is 8.42 Å². The van der Waals surface area contributed by atoms with Crippen LogP contribution in [0.15, 0.2) is 77.2 Å². The second-order valence-electron chi connectivity index (χ2n) is 7.83. The van der Waals surface area contributed by atoms with Crippen LogP contribution >= 0.6 is 11.6 Å². The summed E-state index contributed by atoms with van der Waals surface area (Å²) in [7, 11) is -4.22. The van der Waals surface area contributed by atoms with Crippen molar-refractivity contribution in [1.82, 2.24) is 5.32 Å². The normalized spacial score (nSPS) is 15.3. The lowest BCUT2D eigenvalue weighted by atomic mass is 10.1. The molecular weight excluding hydrogens is 492 g/mol. The van der Waals surface area contributed by atoms with Crippen molar-refractivity contribution in [2.75, 3.05) is 4.90 Å². The highest BCUT2D eigenvalue weighted by Gasteiger charge is 2.37. The van der Waals surface area contributed by atoms with Crippen LogP contribution in [0.2, 0.25) is 5.02 Å². The molecule has 35 heavy (non-hydrogen) atoms. The summed E-state index contributed by atoms with van der Waals surface area (Å²) < 4.78 is 30.9. The van der Waals surface area contributed by atoms with Gasteiger partial charge in [-0.25, -0.2) is 9.69 Å². The number of urea groups is 1. The third kappa shape index (κ3) is 5.11. The summed E-state index contributed by atoms with van der Waals surface area (Å²) in [5.41, 5.74) is 1.72. The van der Waals surface area contributed by atoms with Gasteiger partial charge in [0.05, 0.1) is 5.69 Å². The maximum absolute atomic E-state index is 13.2. The highest BCUT2D eigenvalue weighted by molar-refractivity contribution is 7.87. The molecule has 1 aliphatic heterocycles. The van der Waals surface area contributed by atoms with Gasteiger partial charge in [-0.1, -0.05) is 47.0 Å². The van der Waals surface area contributed by atoms with Crippen molar-refractivity contribution < 1.29 is 27.0 Å². The molecule has 0 bridgehead atoms. The number of amides is 4. The second kappa shape index (κ2) is 9.36. The zero-order valence-electron chi connectivity index (χ0n) is 18.6. The van der Waals surface area contributed by atoms with Crippen LogP contribution in [-0.4, -0.2) is 26.3 Å². The molecule has 0 spiro atoms. The Morgan fingerprint density at radius 2 is 1.49 bits per heavy atom. The molecule has 1 fully saturated rings. The number of nitrogens with zero attached hydrogens (tertiary/aromatic N) is 1. The zero-order valence-corrected chi connectivity index (χ0v) is 20.2. The third-order valence-corrected chi connectivity index (χ3v) is 6.66. The molecule has 0 aromatic heterocycles. The van der Waals surface area contributed by atoms with E-state index in [1.54, 1.807) is 36.4 Å². The molecule has 8 nitrogen and oxygen atoms in total. The lowest BCUT2D eigenvalue weighted by molar-refractivity contribution is -0.122. The Morgan fingerprint density at radius 1 is 0.886 bits per heavy atom. The second-order valence-corrected chi connectivity index (χ2v) is 9.81. The summed E-state index contributed by atoms with van der Waals surface area (Å²) >= 11 is 6.09. The van der Waals surface area contributed by atoms with Gasteiger partial charge in [0.25, 0.3) is 11.8 Å². The quantitative estimate of drug-likeness (QED) is 0.309. The number of hydrogen-bond donors (Lipinski definition) is 1. The summed E-state index contributed by atoms with van der Waals surface area (Å²) in [6.07, 6.45) is 1.14. The minimum atomic E-state index is -4.22. The molecule has 4 amide bonds. The van der Waals surface area contributed by atoms with E-state index in [0.717, 1.165) is 22.1 Å². The van der Waals surface area contributed by atoms with Gasteiger partial charge >= 0.3 is 16.1 Å². The van der Waals surface area contributed by atoms with Gasteiger partial charge in [0.1, 0.15) is 16.2 Å². The van der Waals surface area contributed by atoms with Crippen LogP contribution in [0.25, 0.3) is 6.08 Å². The maximum Gasteiger partial charge on any atom is 0.339 e. The number of aryl methyl sites for hydroxylation is 2. The Kier molecular flexibility index (Phi) is 6.47. The Balaban J connectivity index is 1.74. The predicted octanol–water partition coefficient (Wildman–Crippen LogP) is 4.39. The summed E-state index contributed by atoms with van der Waals surface area (Å²) in [5.74, 6) is -1.97. The molecule has 3 aromatic rings. The van der Waals surface area contributed by atoms with Gasteiger partial charge in [-0.3, -0.25) is 14.9 Å². The van der Waals surface area contributed by atoms with Crippen LogP contribution in [0.5, 0.6) is 5.75 Å². The zero-order chi connectivity index (χ0) is 25.3. The number of anilines is 1. The van der Waals surface area contributed by atoms with Crippen molar-refractivity contribution >= 4 is 51.3 Å². The van der Waals surface area contributed by atoms with E-state index in [0.29, 0.717) is 0 Å². The van der Waals surface area contributed by atoms with Crippen LogP contribution in [0.4, 0.5) is 10.5 Å². The van der Waals surface area contributed by atoms with E-state index in [1.807, 2.05) is 13.8 Å². The standard InChI is InChI=1S/C25H19ClN2O6S/c1-15-3-8-19(9-4-15)28-24(30)21(23(29)27-25(28)31)14-17-13-18(26)7-12-22(17)34-35(32,33)20-10-5-16(2)6-11-20/h3-14H,1-2H3,(H,27,29,31)/b21-14+. The van der Waals surface area contributed by atoms with Gasteiger partial charge in [-0.15, -0.1) is 0 Å². The molecule has 0 radical (unpaired) electrons. The van der Waals surface area contributed by atoms with E-state index in [-0.39, 0.29) is 26.9 Å². The minimum Gasteiger partial charge on any atom is -0.378 e. The number of nitrogens with one attached hydrogen (secondary N) is 1. The van der Waals surface area contributed by atoms with Crippen molar-refractivity contribution in [1.29, 1.82) is 0 Å². The van der Waals surface area contributed by atoms with E-state index >= 15 is 0 Å². The summed E-state index contributed by atoms with van der Waals surface area (Å²) in [5, 5.41) is 2.34. The average molecular weight is 511 g/mol. The van der Waals surface area contributed by atoms with Gasteiger partial charge < -0.3 is 4.18 Å². The van der Waals surface area contributed by atoms with Crippen molar-refractivity contribution in [3.8, 4) is 5.75 Å². The number of benzene rings is 3. The van der Waals surface area contributed by atoms with Crippen LogP contribution in [0.3, 0.4) is 0 Å². The van der Waals surface area contributed by atoms with Gasteiger partial charge in [-0.05, 0) is 62.4 Å². The molecule has 0 atom stereocenters. The fraction of sp³-hybridized carbons (Fsp3) is 0.0800. The molecular formula is C25H19ClN2O6S. The first kappa shape index (κ1) is 24.2. The smallest absolute Gasteiger partial charge is 0.339 e. The summed E-state index contributed by atoms with van der Waals surface area (Å²) in [6, 6.07) is 15.8. The van der Waals surface area contributed by atoms with Gasteiger partial charge in [0.2, 0.25) is 0 Å². The van der Waals surface area contributed by atoms with Crippen LogP contribution in [-0.2, 0) is 19.7 Å². The Labute approximate surface area is 206 Å². The van der Waals surface area contributed by atoms with Crippen molar-refractivity contribution in [2.45, 2.75) is 18.7 Å². The van der Waals surface area contributed by atoms with E-state index in [2.05, 4.69) is 5.32 Å². The van der Waals surface area contributed by atoms with Crippen molar-refractivity contribution in [3.63, 3.8) is 0 Å². The Hall–Kier alpha value is -3.95. The van der Waals surface area contributed by atoms with Crippen molar-refractivity contribution in [3.05, 3.63) is 94.0 Å². The maximum atomic E-state index is 13.2. The molecule has 4 rings (SSSR count). The monoisotopic (exact) mass is 510 g/mol. The third-order valence-electron chi connectivity index (χ3n) is 5.17. The number of hydrogen-bond acceptors (Lipinski definition) is 6. The molecule has 0 unspecified atom stereocenters. The summed E-state index contributed by atoms with van der Waals surface area (Å²) in [6.45, 7) is 3.67. The highest BCUT2D eigenvalue weighted by Crippen LogP contribution is 2.30. The van der Waals surface area contributed by atoms with Gasteiger partial charge in [0.15, 0.2) is 0 Å². The van der Waals surface area contributed by atoms with Crippen molar-refractivity contribution in [2.24, 2.45) is 0 Å². The molecule has 1 aliphatic rings. The number of carbonyl (C=O) groups is 3. The van der Waals surface area contributed by atoms with Crippen LogP contribution in [0.1, 0.15) is 16.7 Å². The fourth-order valence-corrected chi connectivity index (χ4v) is 4.45. The first-order chi connectivity index (χ1) is 16.5. The topological polar surface area (TPSA) is 110 Å². The molecule has 10 heteroatoms.